The van der Waals surface area contributed by atoms with Crippen molar-refractivity contribution >= 4 is 25.0 Å². The molecule has 11 heteroatoms. The first kappa shape index (κ1) is 29.2. The first-order valence-corrected chi connectivity index (χ1v) is 12.8. The molecule has 2 aromatic rings. The number of rotatable bonds is 12. The number of alkyl carbamates (subject to hydrolysis) is 1. The number of amides is 3. The van der Waals surface area contributed by atoms with Gasteiger partial charge in [-0.25, -0.2) is 4.79 Å². The zero-order valence-electron chi connectivity index (χ0n) is 21.8. The number of likely N-dealkylation sites (tertiary alicyclic amines) is 1. The summed E-state index contributed by atoms with van der Waals surface area (Å²) in [6.45, 7) is 0.733. The van der Waals surface area contributed by atoms with Crippen LogP contribution in [0.5, 0.6) is 0 Å². The summed E-state index contributed by atoms with van der Waals surface area (Å²) in [6.07, 6.45) is 1.06. The fraction of sp³-hybridized carbons (Fsp3) is 0.444. The summed E-state index contributed by atoms with van der Waals surface area (Å²) in [5.74, 6) is -2.35. The number of methoxy groups -OCH3 is 2. The lowest BCUT2D eigenvalue weighted by atomic mass is 9.76. The van der Waals surface area contributed by atoms with Crippen LogP contribution in [0, 0.1) is 0 Å². The molecule has 204 valence electrons. The Bertz CT molecular complexity index is 1000. The highest BCUT2D eigenvalue weighted by Crippen LogP contribution is 2.31. The van der Waals surface area contributed by atoms with Crippen molar-refractivity contribution in [1.82, 2.24) is 15.5 Å². The van der Waals surface area contributed by atoms with Gasteiger partial charge in [0.25, 0.3) is 0 Å². The van der Waals surface area contributed by atoms with Crippen LogP contribution >= 0.6 is 0 Å². The Morgan fingerprint density at radius 2 is 1.61 bits per heavy atom. The molecule has 3 rings (SSSR count). The van der Waals surface area contributed by atoms with E-state index in [1.165, 1.54) is 12.0 Å². The van der Waals surface area contributed by atoms with E-state index in [1.54, 1.807) is 7.11 Å². The first-order valence-electron chi connectivity index (χ1n) is 12.8. The van der Waals surface area contributed by atoms with Crippen LogP contribution in [0.2, 0.25) is 0 Å². The van der Waals surface area contributed by atoms with E-state index in [-0.39, 0.29) is 0 Å². The lowest BCUT2D eigenvalue weighted by molar-refractivity contribution is -0.140. The minimum atomic E-state index is -1.75. The van der Waals surface area contributed by atoms with Crippen molar-refractivity contribution in [3.05, 3.63) is 71.8 Å². The molecular weight excluding hydrogens is 489 g/mol. The average molecular weight is 525 g/mol. The van der Waals surface area contributed by atoms with E-state index in [1.807, 2.05) is 60.7 Å². The predicted octanol–water partition coefficient (Wildman–Crippen LogP) is 1.46. The molecule has 1 aliphatic heterocycles. The van der Waals surface area contributed by atoms with Crippen LogP contribution in [0.3, 0.4) is 0 Å². The van der Waals surface area contributed by atoms with Gasteiger partial charge in [-0.2, -0.15) is 0 Å². The minimum absolute atomic E-state index is 0.300. The van der Waals surface area contributed by atoms with E-state index in [0.717, 1.165) is 11.1 Å². The molecule has 0 saturated carbocycles. The summed E-state index contributed by atoms with van der Waals surface area (Å²) in [4.78, 5) is 41.2. The van der Waals surface area contributed by atoms with Gasteiger partial charge in [-0.05, 0) is 36.8 Å². The number of hydrogen-bond acceptors (Lipinski definition) is 7. The molecule has 1 aliphatic rings. The summed E-state index contributed by atoms with van der Waals surface area (Å²) < 4.78 is 9.86. The highest BCUT2D eigenvalue weighted by molar-refractivity contribution is 6.43. The van der Waals surface area contributed by atoms with Crippen molar-refractivity contribution in [1.29, 1.82) is 0 Å². The summed E-state index contributed by atoms with van der Waals surface area (Å²) in [5, 5.41) is 25.0. The van der Waals surface area contributed by atoms with Gasteiger partial charge in [-0.15, -0.1) is 0 Å². The van der Waals surface area contributed by atoms with Crippen molar-refractivity contribution in [3.63, 3.8) is 0 Å². The molecule has 38 heavy (non-hydrogen) atoms. The second kappa shape index (κ2) is 14.5. The van der Waals surface area contributed by atoms with Gasteiger partial charge < -0.3 is 35.1 Å². The molecule has 3 atom stereocenters. The molecule has 10 nitrogen and oxygen atoms in total. The standard InChI is InChI=1S/C27H36BN3O7/c1-37-18-10-16-22(28(35)36)29-25(32)21-15-9-17-31(21)26(33)24(30-27(34)38-2)23(19-11-5-3-6-12-19)20-13-7-4-8-14-20/h3-8,11-14,21-24,35-36H,9-10,15-18H2,1-2H3,(H,29,32)(H,30,34)/t21-,22?,24+/m0/s1. The summed E-state index contributed by atoms with van der Waals surface area (Å²) >= 11 is 0. The van der Waals surface area contributed by atoms with Crippen molar-refractivity contribution < 1.29 is 33.9 Å². The number of benzene rings is 2. The van der Waals surface area contributed by atoms with Gasteiger partial charge in [-0.1, -0.05) is 60.7 Å². The van der Waals surface area contributed by atoms with Crippen molar-refractivity contribution in [3.8, 4) is 0 Å². The van der Waals surface area contributed by atoms with Crippen LogP contribution in [0.1, 0.15) is 42.7 Å². The third-order valence-electron chi connectivity index (χ3n) is 6.77. The second-order valence-electron chi connectivity index (χ2n) is 9.27. The molecule has 4 N–H and O–H groups in total. The van der Waals surface area contributed by atoms with Crippen LogP contribution in [0.25, 0.3) is 0 Å². The molecule has 0 bridgehead atoms. The van der Waals surface area contributed by atoms with Crippen LogP contribution in [-0.4, -0.2) is 85.4 Å². The Balaban J connectivity index is 1.90. The van der Waals surface area contributed by atoms with Gasteiger partial charge >= 0.3 is 13.2 Å². The molecule has 1 unspecified atom stereocenters. The number of carbonyl (C=O) groups excluding carboxylic acids is 3. The Morgan fingerprint density at radius 1 is 1.00 bits per heavy atom. The van der Waals surface area contributed by atoms with Crippen molar-refractivity contribution in [2.24, 2.45) is 0 Å². The largest absolute Gasteiger partial charge is 0.475 e. The lowest BCUT2D eigenvalue weighted by Gasteiger charge is -2.33. The fourth-order valence-electron chi connectivity index (χ4n) is 4.88. The highest BCUT2D eigenvalue weighted by atomic mass is 16.5. The van der Waals surface area contributed by atoms with E-state index >= 15 is 0 Å². The monoisotopic (exact) mass is 525 g/mol. The number of nitrogens with one attached hydrogen (secondary N) is 2. The lowest BCUT2D eigenvalue weighted by Crippen LogP contribution is -2.57. The Labute approximate surface area is 223 Å². The van der Waals surface area contributed by atoms with Gasteiger partial charge in [-0.3, -0.25) is 9.59 Å². The molecule has 0 aromatic heterocycles. The average Bonchev–Trinajstić information content (AvgIpc) is 3.43. The van der Waals surface area contributed by atoms with Gasteiger partial charge in [0, 0.05) is 26.2 Å². The summed E-state index contributed by atoms with van der Waals surface area (Å²) in [6, 6.07) is 16.9. The van der Waals surface area contributed by atoms with Crippen LogP contribution in [-0.2, 0) is 19.1 Å². The number of carbonyl (C=O) groups is 3. The summed E-state index contributed by atoms with van der Waals surface area (Å²) in [5.41, 5.74) is 1.63. The Morgan fingerprint density at radius 3 is 2.13 bits per heavy atom. The Hall–Kier alpha value is -3.41. The third-order valence-corrected chi connectivity index (χ3v) is 6.77. The zero-order valence-corrected chi connectivity index (χ0v) is 21.8. The van der Waals surface area contributed by atoms with Crippen LogP contribution < -0.4 is 10.6 Å². The van der Waals surface area contributed by atoms with E-state index < -0.39 is 49.0 Å². The van der Waals surface area contributed by atoms with E-state index in [0.29, 0.717) is 38.8 Å². The molecule has 0 aliphatic carbocycles. The molecule has 2 aromatic carbocycles. The summed E-state index contributed by atoms with van der Waals surface area (Å²) in [7, 11) is 1.02. The molecule has 1 heterocycles. The van der Waals surface area contributed by atoms with Crippen LogP contribution in [0.4, 0.5) is 4.79 Å². The van der Waals surface area contributed by atoms with Crippen molar-refractivity contribution in [2.75, 3.05) is 27.4 Å². The first-order chi connectivity index (χ1) is 18.4. The molecule has 1 saturated heterocycles. The Kier molecular flexibility index (Phi) is 11.1. The molecule has 3 amide bonds. The highest BCUT2D eigenvalue weighted by Gasteiger charge is 2.42. The normalized spacial score (nSPS) is 16.6. The molecule has 0 spiro atoms. The smallest absolute Gasteiger partial charge is 0.453 e. The van der Waals surface area contributed by atoms with E-state index in [4.69, 9.17) is 9.47 Å². The van der Waals surface area contributed by atoms with Gasteiger partial charge in [0.1, 0.15) is 12.1 Å². The SMILES string of the molecule is COCCCC(NC(=O)[C@@H]1CCCN1C(=O)[C@H](NC(=O)OC)C(c1ccccc1)c1ccccc1)B(O)O. The molecular formula is C27H36BN3O7. The predicted molar refractivity (Wildman–Crippen MR) is 142 cm³/mol. The molecule has 0 radical (unpaired) electrons. The quantitative estimate of drug-likeness (QED) is 0.243. The van der Waals surface area contributed by atoms with Gasteiger partial charge in [0.05, 0.1) is 13.1 Å². The maximum atomic E-state index is 14.1. The zero-order chi connectivity index (χ0) is 27.5. The fourth-order valence-corrected chi connectivity index (χ4v) is 4.88. The number of ether oxygens (including phenoxy) is 2. The molecule has 1 fully saturated rings. The topological polar surface area (TPSA) is 137 Å². The van der Waals surface area contributed by atoms with E-state index in [2.05, 4.69) is 10.6 Å². The minimum Gasteiger partial charge on any atom is -0.453 e. The number of nitrogens with zero attached hydrogens (tertiary/aromatic N) is 1. The maximum absolute atomic E-state index is 14.1. The van der Waals surface area contributed by atoms with E-state index in [9.17, 15) is 24.4 Å². The van der Waals surface area contributed by atoms with Crippen LogP contribution in [0.15, 0.2) is 60.7 Å². The number of hydrogen-bond donors (Lipinski definition) is 4. The van der Waals surface area contributed by atoms with Crippen molar-refractivity contribution in [2.45, 2.75) is 49.6 Å². The third kappa shape index (κ3) is 7.56. The second-order valence-corrected chi connectivity index (χ2v) is 9.27. The van der Waals surface area contributed by atoms with Gasteiger partial charge in [0.2, 0.25) is 11.8 Å². The van der Waals surface area contributed by atoms with Gasteiger partial charge in [0.15, 0.2) is 0 Å². The maximum Gasteiger partial charge on any atom is 0.475 e.